The lowest BCUT2D eigenvalue weighted by atomic mass is 10.0. The molecule has 18 heavy (non-hydrogen) atoms. The molecule has 5 heteroatoms. The van der Waals surface area contributed by atoms with Crippen LogP contribution >= 0.6 is 0 Å². The second-order valence-electron chi connectivity index (χ2n) is 4.84. The molecule has 0 bridgehead atoms. The number of para-hydroxylation sites is 1. The third-order valence-electron chi connectivity index (χ3n) is 3.73. The zero-order valence-corrected chi connectivity index (χ0v) is 9.80. The summed E-state index contributed by atoms with van der Waals surface area (Å²) in [6, 6.07) is 4.33. The smallest absolute Gasteiger partial charge is 0.327 e. The van der Waals surface area contributed by atoms with Crippen molar-refractivity contribution in [3.63, 3.8) is 0 Å². The van der Waals surface area contributed by atoms with Gasteiger partial charge in [0.05, 0.1) is 11.7 Å². The first-order valence-corrected chi connectivity index (χ1v) is 6.02. The van der Waals surface area contributed by atoms with Gasteiger partial charge in [0.15, 0.2) is 0 Å². The summed E-state index contributed by atoms with van der Waals surface area (Å²) in [4.78, 5) is 24.9. The van der Waals surface area contributed by atoms with Crippen LogP contribution in [0.25, 0.3) is 0 Å². The van der Waals surface area contributed by atoms with E-state index < -0.39 is 18.1 Å². The molecule has 0 radical (unpaired) electrons. The Hall–Kier alpha value is -1.88. The number of hydrogen-bond acceptors (Lipinski definition) is 3. The van der Waals surface area contributed by atoms with Gasteiger partial charge in [0.25, 0.3) is 0 Å². The van der Waals surface area contributed by atoms with Crippen LogP contribution in [0.15, 0.2) is 18.2 Å². The van der Waals surface area contributed by atoms with Gasteiger partial charge in [0, 0.05) is 6.42 Å². The van der Waals surface area contributed by atoms with Crippen molar-refractivity contribution in [3.8, 4) is 0 Å². The Morgan fingerprint density at radius 3 is 2.83 bits per heavy atom. The average Bonchev–Trinajstić information content (AvgIpc) is 2.69. The molecular formula is C13H14N2O3. The summed E-state index contributed by atoms with van der Waals surface area (Å²) in [7, 11) is 0. The van der Waals surface area contributed by atoms with E-state index in [1.807, 2.05) is 18.2 Å². The third-order valence-corrected chi connectivity index (χ3v) is 3.73. The van der Waals surface area contributed by atoms with E-state index in [-0.39, 0.29) is 5.91 Å². The van der Waals surface area contributed by atoms with Crippen molar-refractivity contribution in [1.29, 1.82) is 0 Å². The van der Waals surface area contributed by atoms with Crippen LogP contribution in [0.2, 0.25) is 0 Å². The number of rotatable bonds is 1. The maximum atomic E-state index is 12.2. The molecule has 94 valence electrons. The molecule has 0 aromatic heterocycles. The minimum absolute atomic E-state index is 0.272. The first kappa shape index (κ1) is 11.2. The second kappa shape index (κ2) is 3.81. The van der Waals surface area contributed by atoms with Gasteiger partial charge in [-0.05, 0) is 24.0 Å². The quantitative estimate of drug-likeness (QED) is 0.746. The SMILES string of the molecule is NC1CCc2cccc3c2N(C1=O)C(C(=O)O)C3. The van der Waals surface area contributed by atoms with Gasteiger partial charge < -0.3 is 10.8 Å². The number of amides is 1. The number of carbonyl (C=O) groups excluding carboxylic acids is 1. The number of carbonyl (C=O) groups is 2. The normalized spacial score (nSPS) is 25.8. The molecule has 1 aromatic rings. The van der Waals surface area contributed by atoms with Crippen LogP contribution in [0.4, 0.5) is 5.69 Å². The highest BCUT2D eigenvalue weighted by Gasteiger charge is 2.42. The molecule has 1 amide bonds. The minimum atomic E-state index is -0.973. The van der Waals surface area contributed by atoms with E-state index in [0.29, 0.717) is 12.8 Å². The zero-order valence-electron chi connectivity index (χ0n) is 9.80. The highest BCUT2D eigenvalue weighted by atomic mass is 16.4. The monoisotopic (exact) mass is 246 g/mol. The van der Waals surface area contributed by atoms with Crippen molar-refractivity contribution in [3.05, 3.63) is 29.3 Å². The van der Waals surface area contributed by atoms with Crippen molar-refractivity contribution < 1.29 is 14.7 Å². The van der Waals surface area contributed by atoms with E-state index in [1.54, 1.807) is 0 Å². The number of aryl methyl sites for hydroxylation is 1. The Labute approximate surface area is 104 Å². The maximum Gasteiger partial charge on any atom is 0.327 e. The first-order chi connectivity index (χ1) is 8.59. The predicted octanol–water partition coefficient (Wildman–Crippen LogP) is 0.302. The van der Waals surface area contributed by atoms with Crippen molar-refractivity contribution in [2.24, 2.45) is 5.73 Å². The van der Waals surface area contributed by atoms with Crippen molar-refractivity contribution in [1.82, 2.24) is 0 Å². The molecule has 0 spiro atoms. The number of anilines is 1. The number of carboxylic acid groups (broad SMARTS) is 1. The fourth-order valence-corrected chi connectivity index (χ4v) is 2.85. The lowest BCUT2D eigenvalue weighted by Crippen LogP contribution is -2.49. The molecule has 2 aliphatic rings. The van der Waals surface area contributed by atoms with Crippen molar-refractivity contribution >= 4 is 17.6 Å². The average molecular weight is 246 g/mol. The molecule has 2 unspecified atom stereocenters. The Bertz CT molecular complexity index is 541. The van der Waals surface area contributed by atoms with Crippen LogP contribution in [-0.2, 0) is 22.4 Å². The largest absolute Gasteiger partial charge is 0.480 e. The number of nitrogens with two attached hydrogens (primary N) is 1. The predicted molar refractivity (Wildman–Crippen MR) is 65.4 cm³/mol. The van der Waals surface area contributed by atoms with Gasteiger partial charge in [-0.15, -0.1) is 0 Å². The van der Waals surface area contributed by atoms with E-state index in [4.69, 9.17) is 5.73 Å². The van der Waals surface area contributed by atoms with E-state index in [9.17, 15) is 14.7 Å². The fourth-order valence-electron chi connectivity index (χ4n) is 2.85. The van der Waals surface area contributed by atoms with Crippen LogP contribution < -0.4 is 10.6 Å². The molecule has 0 saturated heterocycles. The first-order valence-electron chi connectivity index (χ1n) is 6.02. The highest BCUT2D eigenvalue weighted by Crippen LogP contribution is 2.38. The summed E-state index contributed by atoms with van der Waals surface area (Å²) in [5.74, 6) is -1.24. The molecule has 2 heterocycles. The summed E-state index contributed by atoms with van der Waals surface area (Å²) in [5.41, 5.74) is 8.56. The number of carboxylic acids is 1. The molecule has 0 fully saturated rings. The Balaban J connectivity index is 2.18. The zero-order chi connectivity index (χ0) is 12.9. The Kier molecular flexibility index (Phi) is 2.38. The third kappa shape index (κ3) is 1.44. The van der Waals surface area contributed by atoms with Gasteiger partial charge in [0.2, 0.25) is 5.91 Å². The van der Waals surface area contributed by atoms with Crippen molar-refractivity contribution in [2.45, 2.75) is 31.3 Å². The summed E-state index contributed by atoms with van der Waals surface area (Å²) < 4.78 is 0. The molecule has 5 nitrogen and oxygen atoms in total. The maximum absolute atomic E-state index is 12.2. The van der Waals surface area contributed by atoms with E-state index in [0.717, 1.165) is 23.2 Å². The molecule has 0 aliphatic carbocycles. The molecule has 1 aromatic carbocycles. The Morgan fingerprint density at radius 2 is 2.11 bits per heavy atom. The number of nitrogens with zero attached hydrogens (tertiary/aromatic N) is 1. The van der Waals surface area contributed by atoms with Crippen LogP contribution in [0.3, 0.4) is 0 Å². The summed E-state index contributed by atoms with van der Waals surface area (Å²) in [6.07, 6.45) is 1.66. The lowest BCUT2D eigenvalue weighted by molar-refractivity contribution is -0.140. The van der Waals surface area contributed by atoms with E-state index in [2.05, 4.69) is 0 Å². The molecule has 2 aliphatic heterocycles. The second-order valence-corrected chi connectivity index (χ2v) is 4.84. The minimum Gasteiger partial charge on any atom is -0.480 e. The van der Waals surface area contributed by atoms with Gasteiger partial charge in [-0.1, -0.05) is 18.2 Å². The van der Waals surface area contributed by atoms with Gasteiger partial charge in [-0.3, -0.25) is 9.69 Å². The molecule has 2 atom stereocenters. The lowest BCUT2D eigenvalue weighted by Gasteiger charge is -2.24. The summed E-state index contributed by atoms with van der Waals surface area (Å²) in [5, 5.41) is 9.26. The van der Waals surface area contributed by atoms with E-state index >= 15 is 0 Å². The van der Waals surface area contributed by atoms with Gasteiger partial charge in [-0.25, -0.2) is 4.79 Å². The summed E-state index contributed by atoms with van der Waals surface area (Å²) >= 11 is 0. The van der Waals surface area contributed by atoms with Crippen LogP contribution in [-0.4, -0.2) is 29.1 Å². The highest BCUT2D eigenvalue weighted by molar-refractivity contribution is 6.05. The van der Waals surface area contributed by atoms with Gasteiger partial charge >= 0.3 is 5.97 Å². The number of benzene rings is 1. The fraction of sp³-hybridized carbons (Fsp3) is 0.385. The molecule has 0 saturated carbocycles. The standard InChI is InChI=1S/C13H14N2O3/c14-9-5-4-7-2-1-3-8-6-10(13(17)18)15(11(7)8)12(9)16/h1-3,9-10H,4-6,14H2,(H,17,18). The topological polar surface area (TPSA) is 83.6 Å². The van der Waals surface area contributed by atoms with E-state index in [1.165, 1.54) is 4.90 Å². The van der Waals surface area contributed by atoms with Gasteiger partial charge in [-0.2, -0.15) is 0 Å². The van der Waals surface area contributed by atoms with Crippen LogP contribution in [0.5, 0.6) is 0 Å². The van der Waals surface area contributed by atoms with Crippen LogP contribution in [0.1, 0.15) is 17.5 Å². The molecule has 3 rings (SSSR count). The number of hydrogen-bond donors (Lipinski definition) is 2. The van der Waals surface area contributed by atoms with Gasteiger partial charge in [0.1, 0.15) is 6.04 Å². The van der Waals surface area contributed by atoms with Crippen molar-refractivity contribution in [2.75, 3.05) is 4.90 Å². The summed E-state index contributed by atoms with van der Waals surface area (Å²) in [6.45, 7) is 0. The molecular weight excluding hydrogens is 232 g/mol. The van der Waals surface area contributed by atoms with Crippen LogP contribution in [0, 0.1) is 0 Å². The molecule has 3 N–H and O–H groups in total. The number of aliphatic carboxylic acids is 1. The Morgan fingerprint density at radius 1 is 1.39 bits per heavy atom.